The van der Waals surface area contributed by atoms with Crippen LogP contribution in [0.3, 0.4) is 0 Å². The summed E-state index contributed by atoms with van der Waals surface area (Å²) in [5.74, 6) is -1.50. The largest absolute Gasteiger partial charge is 0.445 e. The Morgan fingerprint density at radius 3 is 2.16 bits per heavy atom. The maximum Gasteiger partial charge on any atom is 0.408 e. The minimum atomic E-state index is -1.02. The first kappa shape index (κ1) is 23.5. The van der Waals surface area contributed by atoms with Crippen LogP contribution in [0.1, 0.15) is 37.8 Å². The molecular weight excluding hydrogens is 408 g/mol. The smallest absolute Gasteiger partial charge is 0.408 e. The van der Waals surface area contributed by atoms with Gasteiger partial charge in [0, 0.05) is 0 Å². The summed E-state index contributed by atoms with van der Waals surface area (Å²) in [5, 5.41) is 16.2. The standard InChI is InChI=1S/C25H30N2O5/c1-15(2)21(23(29)20-19(22(20)28)18-12-8-5-9-13-18)27-24(30)16(3)26-25(31)32-14-17-10-6-4-7-11-17/h4-13,15-16,19-21,23,29H,14H2,1-3H3,(H,26,31)(H,27,30)/t16-,19?,20?,21-,23-/m0/s1. The zero-order valence-electron chi connectivity index (χ0n) is 18.5. The molecule has 7 heteroatoms. The predicted octanol–water partition coefficient (Wildman–Crippen LogP) is 2.79. The second kappa shape index (κ2) is 10.4. The van der Waals surface area contributed by atoms with E-state index in [0.717, 1.165) is 11.1 Å². The van der Waals surface area contributed by atoms with Gasteiger partial charge in [0.15, 0.2) is 0 Å². The molecule has 0 heterocycles. The van der Waals surface area contributed by atoms with Crippen LogP contribution < -0.4 is 10.6 Å². The topological polar surface area (TPSA) is 105 Å². The van der Waals surface area contributed by atoms with Crippen LogP contribution in [0.25, 0.3) is 0 Å². The highest BCUT2D eigenvalue weighted by Crippen LogP contribution is 2.46. The number of aliphatic hydroxyl groups excluding tert-OH is 1. The molecule has 32 heavy (non-hydrogen) atoms. The first-order valence-corrected chi connectivity index (χ1v) is 10.8. The molecule has 7 nitrogen and oxygen atoms in total. The van der Waals surface area contributed by atoms with Gasteiger partial charge in [0.25, 0.3) is 0 Å². The number of hydrogen-bond acceptors (Lipinski definition) is 5. The van der Waals surface area contributed by atoms with Crippen molar-refractivity contribution in [2.24, 2.45) is 11.8 Å². The van der Waals surface area contributed by atoms with Crippen LogP contribution in [-0.4, -0.2) is 41.1 Å². The van der Waals surface area contributed by atoms with Gasteiger partial charge in [0.1, 0.15) is 18.4 Å². The number of carbonyl (C=O) groups excluding carboxylic acids is 3. The number of Topliss-reactive ketones (excluding diaryl/α,β-unsaturated/α-hetero) is 1. The third-order valence-electron chi connectivity index (χ3n) is 5.75. The zero-order valence-corrected chi connectivity index (χ0v) is 18.5. The highest BCUT2D eigenvalue weighted by atomic mass is 16.5. The average Bonchev–Trinajstić information content (AvgIpc) is 3.47. The highest BCUT2D eigenvalue weighted by molar-refractivity contribution is 6.05. The highest BCUT2D eigenvalue weighted by Gasteiger charge is 2.56. The maximum atomic E-state index is 12.7. The lowest BCUT2D eigenvalue weighted by Crippen LogP contribution is -2.54. The van der Waals surface area contributed by atoms with Crippen molar-refractivity contribution in [3.8, 4) is 0 Å². The van der Waals surface area contributed by atoms with Gasteiger partial charge in [-0.3, -0.25) is 9.59 Å². The number of benzene rings is 2. The van der Waals surface area contributed by atoms with Gasteiger partial charge in [0.05, 0.1) is 24.0 Å². The molecule has 1 saturated carbocycles. The van der Waals surface area contributed by atoms with Crippen molar-refractivity contribution < 1.29 is 24.2 Å². The summed E-state index contributed by atoms with van der Waals surface area (Å²) in [6.45, 7) is 5.37. The molecule has 1 aliphatic carbocycles. The molecular formula is C25H30N2O5. The van der Waals surface area contributed by atoms with Crippen molar-refractivity contribution in [1.82, 2.24) is 10.6 Å². The van der Waals surface area contributed by atoms with Gasteiger partial charge >= 0.3 is 6.09 Å². The fourth-order valence-electron chi connectivity index (χ4n) is 3.82. The quantitative estimate of drug-likeness (QED) is 0.558. The Kier molecular flexibility index (Phi) is 7.64. The Bertz CT molecular complexity index is 932. The molecule has 2 unspecified atom stereocenters. The van der Waals surface area contributed by atoms with Crippen LogP contribution in [0.4, 0.5) is 4.79 Å². The Morgan fingerprint density at radius 2 is 1.56 bits per heavy atom. The van der Waals surface area contributed by atoms with Gasteiger partial charge in [0.2, 0.25) is 5.91 Å². The molecule has 2 aromatic rings. The van der Waals surface area contributed by atoms with Gasteiger partial charge in [-0.25, -0.2) is 4.79 Å². The van der Waals surface area contributed by atoms with E-state index in [1.165, 1.54) is 6.92 Å². The monoisotopic (exact) mass is 438 g/mol. The number of ketones is 1. The van der Waals surface area contributed by atoms with Crippen molar-refractivity contribution >= 4 is 17.8 Å². The minimum absolute atomic E-state index is 0.0285. The lowest BCUT2D eigenvalue weighted by molar-refractivity contribution is -0.125. The second-order valence-electron chi connectivity index (χ2n) is 8.51. The van der Waals surface area contributed by atoms with Crippen molar-refractivity contribution in [2.75, 3.05) is 0 Å². The fourth-order valence-corrected chi connectivity index (χ4v) is 3.82. The Labute approximate surface area is 188 Å². The molecule has 3 N–H and O–H groups in total. The van der Waals surface area contributed by atoms with Crippen molar-refractivity contribution in [3.63, 3.8) is 0 Å². The van der Waals surface area contributed by atoms with Crippen LogP contribution in [0.2, 0.25) is 0 Å². The molecule has 0 aromatic heterocycles. The lowest BCUT2D eigenvalue weighted by Gasteiger charge is -2.28. The summed E-state index contributed by atoms with van der Waals surface area (Å²) in [6, 6.07) is 17.0. The summed E-state index contributed by atoms with van der Waals surface area (Å²) in [5.41, 5.74) is 1.70. The summed E-state index contributed by atoms with van der Waals surface area (Å²) in [6.07, 6.45) is -1.73. The zero-order chi connectivity index (χ0) is 23.3. The number of amides is 2. The lowest BCUT2D eigenvalue weighted by atomic mass is 9.93. The Morgan fingerprint density at radius 1 is 0.969 bits per heavy atom. The van der Waals surface area contributed by atoms with E-state index in [1.807, 2.05) is 74.5 Å². The maximum absolute atomic E-state index is 12.7. The molecule has 1 aliphatic rings. The molecule has 1 fully saturated rings. The van der Waals surface area contributed by atoms with E-state index in [1.54, 1.807) is 0 Å². The average molecular weight is 439 g/mol. The summed E-state index contributed by atoms with van der Waals surface area (Å²) < 4.78 is 5.15. The van der Waals surface area contributed by atoms with Crippen LogP contribution in [-0.2, 0) is 20.9 Å². The van der Waals surface area contributed by atoms with Crippen molar-refractivity contribution in [1.29, 1.82) is 0 Å². The number of hydrogen-bond donors (Lipinski definition) is 3. The van der Waals surface area contributed by atoms with E-state index >= 15 is 0 Å². The summed E-state index contributed by atoms with van der Waals surface area (Å²) in [7, 11) is 0. The second-order valence-corrected chi connectivity index (χ2v) is 8.51. The third-order valence-corrected chi connectivity index (χ3v) is 5.75. The first-order valence-electron chi connectivity index (χ1n) is 10.8. The van der Waals surface area contributed by atoms with Crippen LogP contribution in [0.5, 0.6) is 0 Å². The van der Waals surface area contributed by atoms with Crippen LogP contribution >= 0.6 is 0 Å². The normalized spacial score (nSPS) is 20.2. The van der Waals surface area contributed by atoms with Gasteiger partial charge in [-0.2, -0.15) is 0 Å². The van der Waals surface area contributed by atoms with Crippen LogP contribution in [0, 0.1) is 11.8 Å². The van der Waals surface area contributed by atoms with E-state index in [2.05, 4.69) is 10.6 Å². The number of alkyl carbamates (subject to hydrolysis) is 1. The molecule has 3 rings (SSSR count). The van der Waals surface area contributed by atoms with E-state index in [9.17, 15) is 19.5 Å². The molecule has 0 radical (unpaired) electrons. The van der Waals surface area contributed by atoms with E-state index in [4.69, 9.17) is 4.74 Å². The summed E-state index contributed by atoms with van der Waals surface area (Å²) in [4.78, 5) is 37.1. The fraction of sp³-hybridized carbons (Fsp3) is 0.400. The Balaban J connectivity index is 1.54. The summed E-state index contributed by atoms with van der Waals surface area (Å²) >= 11 is 0. The molecule has 170 valence electrons. The van der Waals surface area contributed by atoms with Gasteiger partial charge in [-0.05, 0) is 24.0 Å². The SMILES string of the molecule is CC(C)[C@H](NC(=O)[C@H](C)NC(=O)OCc1ccccc1)[C@@H](O)C1C(=O)C1c1ccccc1. The van der Waals surface area contributed by atoms with E-state index in [-0.39, 0.29) is 24.2 Å². The van der Waals surface area contributed by atoms with E-state index in [0.29, 0.717) is 0 Å². The van der Waals surface area contributed by atoms with E-state index < -0.39 is 36.1 Å². The van der Waals surface area contributed by atoms with Gasteiger partial charge < -0.3 is 20.5 Å². The number of aliphatic hydroxyl groups is 1. The number of carbonyl (C=O) groups is 3. The molecule has 0 bridgehead atoms. The molecule has 2 aromatic carbocycles. The molecule has 2 amide bonds. The number of nitrogens with one attached hydrogen (secondary N) is 2. The van der Waals surface area contributed by atoms with Crippen LogP contribution in [0.15, 0.2) is 60.7 Å². The molecule has 0 saturated heterocycles. The molecule has 0 spiro atoms. The number of rotatable bonds is 9. The van der Waals surface area contributed by atoms with Crippen molar-refractivity contribution in [2.45, 2.75) is 51.5 Å². The van der Waals surface area contributed by atoms with Crippen molar-refractivity contribution in [3.05, 3.63) is 71.8 Å². The van der Waals surface area contributed by atoms with Gasteiger partial charge in [-0.15, -0.1) is 0 Å². The van der Waals surface area contributed by atoms with Gasteiger partial charge in [-0.1, -0.05) is 74.5 Å². The predicted molar refractivity (Wildman–Crippen MR) is 120 cm³/mol. The molecule has 5 atom stereocenters. The minimum Gasteiger partial charge on any atom is -0.445 e. The number of ether oxygens (including phenoxy) is 1. The first-order chi connectivity index (χ1) is 15.3. The Hall–Kier alpha value is -3.19. The molecule has 0 aliphatic heterocycles. The third kappa shape index (κ3) is 5.73.